The van der Waals surface area contributed by atoms with E-state index in [4.69, 9.17) is 23.8 Å². The number of aromatic nitrogens is 1. The van der Waals surface area contributed by atoms with Gasteiger partial charge in [-0.05, 0) is 80.2 Å². The number of thiocarbonyl (C=S) groups is 1. The topological polar surface area (TPSA) is 91.6 Å². The molecule has 0 spiro atoms. The molecule has 1 fully saturated rings. The molecule has 0 unspecified atom stereocenters. The van der Waals surface area contributed by atoms with Crippen molar-refractivity contribution >= 4 is 58.5 Å². The van der Waals surface area contributed by atoms with Crippen molar-refractivity contribution in [2.45, 2.75) is 13.8 Å². The third kappa shape index (κ3) is 4.18. The van der Waals surface area contributed by atoms with Crippen LogP contribution in [0.1, 0.15) is 27.3 Å². The normalized spacial score (nSPS) is 15.2. The van der Waals surface area contributed by atoms with Gasteiger partial charge in [-0.15, -0.1) is 0 Å². The van der Waals surface area contributed by atoms with Crippen LogP contribution in [0.15, 0.2) is 60.2 Å². The molecule has 1 aromatic heterocycles. The number of aromatic carboxylic acids is 1. The van der Waals surface area contributed by atoms with Gasteiger partial charge in [0.05, 0.1) is 11.3 Å². The second kappa shape index (κ2) is 8.65. The maximum Gasteiger partial charge on any atom is 0.335 e. The van der Waals surface area contributed by atoms with Gasteiger partial charge in [-0.2, -0.15) is 0 Å². The predicted octanol–water partition coefficient (Wildman–Crippen LogP) is 4.28. The van der Waals surface area contributed by atoms with Crippen molar-refractivity contribution in [3.8, 4) is 5.69 Å². The number of carboxylic acids is 1. The van der Waals surface area contributed by atoms with Crippen LogP contribution in [0.3, 0.4) is 0 Å². The largest absolute Gasteiger partial charge is 0.478 e. The van der Waals surface area contributed by atoms with Crippen molar-refractivity contribution < 1.29 is 19.5 Å². The highest BCUT2D eigenvalue weighted by Gasteiger charge is 2.35. The number of benzene rings is 2. The Hall–Kier alpha value is -3.75. The lowest BCUT2D eigenvalue weighted by Gasteiger charge is -2.29. The molecule has 7 nitrogen and oxygen atoms in total. The first-order valence-electron chi connectivity index (χ1n) is 9.87. The second-order valence-electron chi connectivity index (χ2n) is 7.46. The van der Waals surface area contributed by atoms with Crippen LogP contribution < -0.4 is 10.2 Å². The Morgan fingerprint density at radius 2 is 1.76 bits per heavy atom. The van der Waals surface area contributed by atoms with E-state index in [2.05, 4.69) is 5.32 Å². The van der Waals surface area contributed by atoms with Gasteiger partial charge in [-0.1, -0.05) is 23.7 Å². The van der Waals surface area contributed by atoms with E-state index in [-0.39, 0.29) is 21.9 Å². The zero-order chi connectivity index (χ0) is 23.9. The van der Waals surface area contributed by atoms with Gasteiger partial charge in [0.25, 0.3) is 11.8 Å². The van der Waals surface area contributed by atoms with Crippen molar-refractivity contribution in [3.63, 3.8) is 0 Å². The molecule has 2 N–H and O–H groups in total. The van der Waals surface area contributed by atoms with Gasteiger partial charge in [0.2, 0.25) is 0 Å². The summed E-state index contributed by atoms with van der Waals surface area (Å²) in [6.45, 7) is 3.79. The zero-order valence-electron chi connectivity index (χ0n) is 17.6. The Morgan fingerprint density at radius 3 is 2.45 bits per heavy atom. The Kier molecular flexibility index (Phi) is 5.88. The van der Waals surface area contributed by atoms with Crippen molar-refractivity contribution in [3.05, 3.63) is 87.7 Å². The number of anilines is 1. The maximum absolute atomic E-state index is 13.3. The average molecular weight is 480 g/mol. The minimum Gasteiger partial charge on any atom is -0.478 e. The van der Waals surface area contributed by atoms with Crippen LogP contribution in [0.25, 0.3) is 11.8 Å². The van der Waals surface area contributed by atoms with E-state index in [1.54, 1.807) is 12.1 Å². The Bertz CT molecular complexity index is 1380. The summed E-state index contributed by atoms with van der Waals surface area (Å²) in [5, 5.41) is 12.3. The van der Waals surface area contributed by atoms with Crippen LogP contribution in [0.2, 0.25) is 5.02 Å². The van der Waals surface area contributed by atoms with Gasteiger partial charge in [0.1, 0.15) is 5.57 Å². The summed E-state index contributed by atoms with van der Waals surface area (Å²) in [6.07, 6.45) is 1.51. The molecule has 166 valence electrons. The number of hydrogen-bond donors (Lipinski definition) is 2. The fourth-order valence-electron chi connectivity index (χ4n) is 3.77. The van der Waals surface area contributed by atoms with Crippen LogP contribution in [-0.4, -0.2) is 32.6 Å². The van der Waals surface area contributed by atoms with Crippen LogP contribution in [0, 0.1) is 13.8 Å². The highest BCUT2D eigenvalue weighted by molar-refractivity contribution is 7.80. The molecule has 3 aromatic rings. The number of nitrogens with zero attached hydrogens (tertiary/aromatic N) is 2. The highest BCUT2D eigenvalue weighted by Crippen LogP contribution is 2.27. The van der Waals surface area contributed by atoms with E-state index >= 15 is 0 Å². The Balaban J connectivity index is 1.77. The Morgan fingerprint density at radius 1 is 1.06 bits per heavy atom. The lowest BCUT2D eigenvalue weighted by atomic mass is 10.1. The number of rotatable bonds is 4. The first-order valence-corrected chi connectivity index (χ1v) is 10.7. The third-order valence-electron chi connectivity index (χ3n) is 5.29. The lowest BCUT2D eigenvalue weighted by Crippen LogP contribution is -2.54. The fourth-order valence-corrected chi connectivity index (χ4v) is 4.24. The van der Waals surface area contributed by atoms with Crippen molar-refractivity contribution in [1.82, 2.24) is 9.88 Å². The van der Waals surface area contributed by atoms with Crippen molar-refractivity contribution in [2.75, 3.05) is 4.90 Å². The van der Waals surface area contributed by atoms with Crippen molar-refractivity contribution in [2.24, 2.45) is 0 Å². The van der Waals surface area contributed by atoms with Gasteiger partial charge in [-0.25, -0.2) is 4.79 Å². The number of halogens is 1. The fraction of sp³-hybridized carbons (Fsp3) is 0.0833. The van der Waals surface area contributed by atoms with Crippen LogP contribution >= 0.6 is 23.8 Å². The van der Waals surface area contributed by atoms with E-state index in [9.17, 15) is 19.5 Å². The summed E-state index contributed by atoms with van der Waals surface area (Å²) in [4.78, 5) is 38.4. The first-order chi connectivity index (χ1) is 15.7. The molecule has 9 heteroatoms. The maximum atomic E-state index is 13.3. The molecule has 2 aromatic carbocycles. The standard InChI is InChI=1S/C24H18ClN3O4S/c1-13-9-16(14(2)27(13)19-8-4-6-17(25)12-19)11-20-21(29)26-24(33)28(22(20)30)18-7-3-5-15(10-18)23(31)32/h3-12H,1-2H3,(H,31,32)(H,26,29,33). The Labute approximate surface area is 199 Å². The number of carbonyl (C=O) groups is 3. The zero-order valence-corrected chi connectivity index (χ0v) is 19.2. The van der Waals surface area contributed by atoms with Gasteiger partial charge in [0.15, 0.2) is 5.11 Å². The third-order valence-corrected chi connectivity index (χ3v) is 5.81. The summed E-state index contributed by atoms with van der Waals surface area (Å²) in [5.74, 6) is -2.40. The summed E-state index contributed by atoms with van der Waals surface area (Å²) in [5.41, 5.74) is 3.38. The van der Waals surface area contributed by atoms with Crippen LogP contribution in [-0.2, 0) is 9.59 Å². The molecular formula is C24H18ClN3O4S. The van der Waals surface area contributed by atoms with E-state index in [0.29, 0.717) is 10.6 Å². The molecule has 0 radical (unpaired) electrons. The molecule has 0 aliphatic carbocycles. The predicted molar refractivity (Wildman–Crippen MR) is 130 cm³/mol. The summed E-state index contributed by atoms with van der Waals surface area (Å²) in [7, 11) is 0. The summed E-state index contributed by atoms with van der Waals surface area (Å²) in [6, 6.07) is 15.0. The van der Waals surface area contributed by atoms with Gasteiger partial charge in [0, 0.05) is 22.1 Å². The monoisotopic (exact) mass is 479 g/mol. The van der Waals surface area contributed by atoms with Crippen molar-refractivity contribution in [1.29, 1.82) is 0 Å². The molecule has 1 saturated heterocycles. The molecule has 2 heterocycles. The number of aryl methyl sites for hydroxylation is 1. The number of hydrogen-bond acceptors (Lipinski definition) is 4. The van der Waals surface area contributed by atoms with Crippen LogP contribution in [0.4, 0.5) is 5.69 Å². The van der Waals surface area contributed by atoms with Gasteiger partial charge >= 0.3 is 5.97 Å². The summed E-state index contributed by atoms with van der Waals surface area (Å²) < 4.78 is 1.97. The molecule has 1 aliphatic rings. The number of carbonyl (C=O) groups excluding carboxylic acids is 2. The molecule has 2 amide bonds. The molecule has 0 atom stereocenters. The average Bonchev–Trinajstić information content (AvgIpc) is 3.04. The molecule has 0 bridgehead atoms. The van der Waals surface area contributed by atoms with Crippen LogP contribution in [0.5, 0.6) is 0 Å². The van der Waals surface area contributed by atoms with E-state index in [1.807, 2.05) is 42.7 Å². The first kappa shape index (κ1) is 22.4. The summed E-state index contributed by atoms with van der Waals surface area (Å²) >= 11 is 11.3. The number of nitrogens with one attached hydrogen (secondary N) is 1. The minimum absolute atomic E-state index is 0.00408. The van der Waals surface area contributed by atoms with E-state index in [0.717, 1.165) is 22.0 Å². The SMILES string of the molecule is Cc1cc(C=C2C(=O)NC(=S)N(c3cccc(C(=O)O)c3)C2=O)c(C)n1-c1cccc(Cl)c1. The smallest absolute Gasteiger partial charge is 0.335 e. The molecule has 0 saturated carbocycles. The van der Waals surface area contributed by atoms with E-state index in [1.165, 1.54) is 24.3 Å². The molecular weight excluding hydrogens is 462 g/mol. The second-order valence-corrected chi connectivity index (χ2v) is 8.28. The molecule has 33 heavy (non-hydrogen) atoms. The number of amides is 2. The molecule has 1 aliphatic heterocycles. The quantitative estimate of drug-likeness (QED) is 0.331. The van der Waals surface area contributed by atoms with Gasteiger partial charge < -0.3 is 9.67 Å². The minimum atomic E-state index is -1.14. The van der Waals surface area contributed by atoms with E-state index < -0.39 is 17.8 Å². The lowest BCUT2D eigenvalue weighted by molar-refractivity contribution is -0.122. The molecule has 4 rings (SSSR count). The highest BCUT2D eigenvalue weighted by atomic mass is 35.5. The van der Waals surface area contributed by atoms with Gasteiger partial charge in [-0.3, -0.25) is 19.8 Å². The number of carboxylic acid groups (broad SMARTS) is 1.